The van der Waals surface area contributed by atoms with Gasteiger partial charge in [-0.3, -0.25) is 5.32 Å². The average molecular weight is 265 g/mol. The zero-order valence-corrected chi connectivity index (χ0v) is 12.3. The van der Waals surface area contributed by atoms with Gasteiger partial charge in [-0.05, 0) is 45.4 Å². The molecule has 4 nitrogen and oxygen atoms in total. The number of rotatable bonds is 6. The van der Waals surface area contributed by atoms with E-state index >= 15 is 0 Å². The van der Waals surface area contributed by atoms with Gasteiger partial charge in [-0.2, -0.15) is 0 Å². The van der Waals surface area contributed by atoms with Crippen molar-refractivity contribution in [3.05, 3.63) is 29.8 Å². The fourth-order valence-electron chi connectivity index (χ4n) is 2.05. The van der Waals surface area contributed by atoms with Crippen molar-refractivity contribution in [3.63, 3.8) is 0 Å². The first-order chi connectivity index (χ1) is 8.93. The Morgan fingerprint density at radius 3 is 2.63 bits per heavy atom. The third kappa shape index (κ3) is 3.70. The lowest BCUT2D eigenvalue weighted by molar-refractivity contribution is -0.151. The van der Waals surface area contributed by atoms with Crippen molar-refractivity contribution in [3.8, 4) is 5.75 Å². The number of hydrogen-bond donors (Lipinski definition) is 1. The number of esters is 1. The van der Waals surface area contributed by atoms with Crippen LogP contribution in [-0.2, 0) is 15.1 Å². The van der Waals surface area contributed by atoms with Crippen LogP contribution in [0.25, 0.3) is 0 Å². The third-order valence-corrected chi connectivity index (χ3v) is 2.91. The highest BCUT2D eigenvalue weighted by Gasteiger charge is 2.37. The molecule has 0 aliphatic heterocycles. The SMILES string of the molecule is CCOC(=O)C(C)(NC(C)C)c1cccc(OC)c1. The molecule has 0 radical (unpaired) electrons. The van der Waals surface area contributed by atoms with Gasteiger partial charge in [0.1, 0.15) is 11.3 Å². The molecule has 1 aromatic rings. The van der Waals surface area contributed by atoms with Gasteiger partial charge >= 0.3 is 5.97 Å². The van der Waals surface area contributed by atoms with Crippen LogP contribution in [0.2, 0.25) is 0 Å². The van der Waals surface area contributed by atoms with Gasteiger partial charge in [0, 0.05) is 6.04 Å². The molecule has 0 aromatic heterocycles. The zero-order valence-electron chi connectivity index (χ0n) is 12.3. The minimum atomic E-state index is -0.876. The summed E-state index contributed by atoms with van der Waals surface area (Å²) in [5.74, 6) is 0.440. The van der Waals surface area contributed by atoms with Crippen LogP contribution in [0.5, 0.6) is 5.75 Å². The molecule has 4 heteroatoms. The van der Waals surface area contributed by atoms with E-state index < -0.39 is 5.54 Å². The van der Waals surface area contributed by atoms with Gasteiger partial charge < -0.3 is 9.47 Å². The Hall–Kier alpha value is -1.55. The number of nitrogens with one attached hydrogen (secondary N) is 1. The van der Waals surface area contributed by atoms with Crippen LogP contribution in [0, 0.1) is 0 Å². The number of benzene rings is 1. The van der Waals surface area contributed by atoms with E-state index in [1.54, 1.807) is 14.0 Å². The van der Waals surface area contributed by atoms with Crippen molar-refractivity contribution in [2.75, 3.05) is 13.7 Å². The Kier molecular flexibility index (Phi) is 5.36. The van der Waals surface area contributed by atoms with Crippen molar-refractivity contribution >= 4 is 5.97 Å². The normalized spacial score (nSPS) is 14.0. The van der Waals surface area contributed by atoms with Crippen LogP contribution < -0.4 is 10.1 Å². The molecule has 0 aliphatic rings. The molecule has 0 saturated heterocycles. The molecule has 0 fully saturated rings. The molecule has 0 amide bonds. The molecule has 1 atom stereocenters. The van der Waals surface area contributed by atoms with E-state index in [9.17, 15) is 4.79 Å². The maximum atomic E-state index is 12.3. The first kappa shape index (κ1) is 15.5. The van der Waals surface area contributed by atoms with Crippen molar-refractivity contribution < 1.29 is 14.3 Å². The number of hydrogen-bond acceptors (Lipinski definition) is 4. The standard InChI is InChI=1S/C15H23NO3/c1-6-19-14(17)15(4,16-11(2)3)12-8-7-9-13(10-12)18-5/h7-11,16H,6H2,1-5H3. The van der Waals surface area contributed by atoms with E-state index in [4.69, 9.17) is 9.47 Å². The van der Waals surface area contributed by atoms with E-state index in [0.29, 0.717) is 6.61 Å². The van der Waals surface area contributed by atoms with Crippen LogP contribution in [0.3, 0.4) is 0 Å². The van der Waals surface area contributed by atoms with Gasteiger partial charge in [0.2, 0.25) is 0 Å². The summed E-state index contributed by atoms with van der Waals surface area (Å²) in [6, 6.07) is 7.62. The van der Waals surface area contributed by atoms with Crippen molar-refractivity contribution in [2.45, 2.75) is 39.3 Å². The smallest absolute Gasteiger partial charge is 0.330 e. The molecular formula is C15H23NO3. The Bertz CT molecular complexity index is 431. The van der Waals surface area contributed by atoms with Crippen LogP contribution in [-0.4, -0.2) is 25.7 Å². The van der Waals surface area contributed by atoms with Crippen LogP contribution in [0.1, 0.15) is 33.3 Å². The minimum absolute atomic E-state index is 0.153. The minimum Gasteiger partial charge on any atom is -0.497 e. The molecular weight excluding hydrogens is 242 g/mol. The van der Waals surface area contributed by atoms with Crippen LogP contribution in [0.4, 0.5) is 0 Å². The molecule has 19 heavy (non-hydrogen) atoms. The zero-order chi connectivity index (χ0) is 14.5. The number of methoxy groups -OCH3 is 1. The number of carbonyl (C=O) groups excluding carboxylic acids is 1. The maximum absolute atomic E-state index is 12.3. The molecule has 0 heterocycles. The summed E-state index contributed by atoms with van der Waals surface area (Å²) in [5, 5.41) is 3.28. The lowest BCUT2D eigenvalue weighted by atomic mass is 9.91. The number of carbonyl (C=O) groups is 1. The summed E-state index contributed by atoms with van der Waals surface area (Å²) in [5.41, 5.74) is -0.0439. The van der Waals surface area contributed by atoms with Gasteiger partial charge in [0.05, 0.1) is 13.7 Å². The highest BCUT2D eigenvalue weighted by Crippen LogP contribution is 2.26. The summed E-state index contributed by atoms with van der Waals surface area (Å²) >= 11 is 0. The Morgan fingerprint density at radius 1 is 1.42 bits per heavy atom. The molecule has 0 spiro atoms. The van der Waals surface area contributed by atoms with Crippen molar-refractivity contribution in [1.82, 2.24) is 5.32 Å². The lowest BCUT2D eigenvalue weighted by Gasteiger charge is -2.31. The Labute approximate surface area is 115 Å². The highest BCUT2D eigenvalue weighted by molar-refractivity contribution is 5.82. The second-order valence-electron chi connectivity index (χ2n) is 4.88. The number of ether oxygens (including phenoxy) is 2. The lowest BCUT2D eigenvalue weighted by Crippen LogP contribution is -2.50. The van der Waals surface area contributed by atoms with Gasteiger partial charge in [-0.25, -0.2) is 4.79 Å². The van der Waals surface area contributed by atoms with E-state index in [1.807, 2.05) is 45.0 Å². The third-order valence-electron chi connectivity index (χ3n) is 2.91. The van der Waals surface area contributed by atoms with Gasteiger partial charge in [-0.15, -0.1) is 0 Å². The van der Waals surface area contributed by atoms with Crippen molar-refractivity contribution in [1.29, 1.82) is 0 Å². The molecule has 1 unspecified atom stereocenters. The highest BCUT2D eigenvalue weighted by atomic mass is 16.5. The summed E-state index contributed by atoms with van der Waals surface area (Å²) in [4.78, 5) is 12.3. The van der Waals surface area contributed by atoms with E-state index in [-0.39, 0.29) is 12.0 Å². The van der Waals surface area contributed by atoms with E-state index in [2.05, 4.69) is 5.32 Å². The Balaban J connectivity index is 3.17. The summed E-state index contributed by atoms with van der Waals surface area (Å²) in [7, 11) is 1.61. The summed E-state index contributed by atoms with van der Waals surface area (Å²) in [6.07, 6.45) is 0. The monoisotopic (exact) mass is 265 g/mol. The van der Waals surface area contributed by atoms with E-state index in [0.717, 1.165) is 11.3 Å². The maximum Gasteiger partial charge on any atom is 0.330 e. The quantitative estimate of drug-likeness (QED) is 0.803. The summed E-state index contributed by atoms with van der Waals surface area (Å²) in [6.45, 7) is 7.99. The molecule has 0 aliphatic carbocycles. The second-order valence-corrected chi connectivity index (χ2v) is 4.88. The molecule has 106 valence electrons. The van der Waals surface area contributed by atoms with E-state index in [1.165, 1.54) is 0 Å². The summed E-state index contributed by atoms with van der Waals surface area (Å²) < 4.78 is 10.4. The predicted molar refractivity (Wildman–Crippen MR) is 75.3 cm³/mol. The largest absolute Gasteiger partial charge is 0.497 e. The van der Waals surface area contributed by atoms with Gasteiger partial charge in [-0.1, -0.05) is 12.1 Å². The molecule has 1 N–H and O–H groups in total. The average Bonchev–Trinajstić information content (AvgIpc) is 2.38. The molecule has 0 bridgehead atoms. The predicted octanol–water partition coefficient (Wildman–Crippen LogP) is 2.47. The topological polar surface area (TPSA) is 47.6 Å². The first-order valence-corrected chi connectivity index (χ1v) is 6.53. The molecule has 1 rings (SSSR count). The first-order valence-electron chi connectivity index (χ1n) is 6.53. The second kappa shape index (κ2) is 6.57. The molecule has 0 saturated carbocycles. The fourth-order valence-corrected chi connectivity index (χ4v) is 2.05. The Morgan fingerprint density at radius 2 is 2.11 bits per heavy atom. The fraction of sp³-hybridized carbons (Fsp3) is 0.533. The van der Waals surface area contributed by atoms with Crippen LogP contribution >= 0.6 is 0 Å². The van der Waals surface area contributed by atoms with Crippen LogP contribution in [0.15, 0.2) is 24.3 Å². The van der Waals surface area contributed by atoms with Gasteiger partial charge in [0.25, 0.3) is 0 Å². The van der Waals surface area contributed by atoms with Crippen molar-refractivity contribution in [2.24, 2.45) is 0 Å². The van der Waals surface area contributed by atoms with Gasteiger partial charge in [0.15, 0.2) is 0 Å². The molecule has 1 aromatic carbocycles.